The molecule has 4 unspecified atom stereocenters. The van der Waals surface area contributed by atoms with Gasteiger partial charge in [0, 0.05) is 13.3 Å². The molecule has 0 aromatic heterocycles. The van der Waals surface area contributed by atoms with Crippen LogP contribution in [-0.4, -0.2) is 24.3 Å². The Kier molecular flexibility index (Phi) is 1.83. The molecule has 3 heteroatoms. The van der Waals surface area contributed by atoms with E-state index in [-0.39, 0.29) is 12.1 Å². The van der Waals surface area contributed by atoms with Crippen molar-refractivity contribution < 1.29 is 14.3 Å². The monoisotopic (exact) mass is 170 g/mol. The van der Waals surface area contributed by atoms with Gasteiger partial charge in [-0.15, -0.1) is 0 Å². The largest absolute Gasteiger partial charge is 0.462 e. The van der Waals surface area contributed by atoms with E-state index in [0.29, 0.717) is 18.1 Å². The van der Waals surface area contributed by atoms with E-state index in [0.717, 1.165) is 12.8 Å². The molecule has 0 aromatic rings. The molecular weight excluding hydrogens is 156 g/mol. The fourth-order valence-electron chi connectivity index (χ4n) is 1.95. The second-order valence-corrected chi connectivity index (χ2v) is 3.81. The number of epoxide rings is 1. The topological polar surface area (TPSA) is 38.8 Å². The normalized spacial score (nSPS) is 44.8. The molecule has 1 saturated heterocycles. The van der Waals surface area contributed by atoms with Crippen molar-refractivity contribution in [2.75, 3.05) is 0 Å². The van der Waals surface area contributed by atoms with Gasteiger partial charge in [-0.25, -0.2) is 0 Å². The third-order valence-electron chi connectivity index (χ3n) is 2.71. The molecule has 2 aliphatic rings. The quantitative estimate of drug-likeness (QED) is 0.437. The average Bonchev–Trinajstić information content (AvgIpc) is 2.65. The van der Waals surface area contributed by atoms with E-state index in [9.17, 15) is 4.79 Å². The molecule has 0 bridgehead atoms. The molecule has 0 radical (unpaired) electrons. The van der Waals surface area contributed by atoms with Crippen LogP contribution in [-0.2, 0) is 14.3 Å². The maximum atomic E-state index is 10.7. The molecule has 4 atom stereocenters. The predicted molar refractivity (Wildman–Crippen MR) is 42.6 cm³/mol. The molecule has 1 aliphatic heterocycles. The summed E-state index contributed by atoms with van der Waals surface area (Å²) >= 11 is 0. The van der Waals surface area contributed by atoms with Crippen LogP contribution in [0.1, 0.15) is 26.7 Å². The van der Waals surface area contributed by atoms with Crippen LogP contribution in [0.3, 0.4) is 0 Å². The molecule has 3 nitrogen and oxygen atoms in total. The fourth-order valence-corrected chi connectivity index (χ4v) is 1.95. The van der Waals surface area contributed by atoms with Gasteiger partial charge in [-0.1, -0.05) is 6.92 Å². The lowest BCUT2D eigenvalue weighted by Gasteiger charge is -2.25. The van der Waals surface area contributed by atoms with Crippen molar-refractivity contribution in [1.29, 1.82) is 0 Å². The van der Waals surface area contributed by atoms with Gasteiger partial charge in [0.25, 0.3) is 0 Å². The van der Waals surface area contributed by atoms with Crippen molar-refractivity contribution in [2.24, 2.45) is 5.92 Å². The lowest BCUT2D eigenvalue weighted by molar-refractivity contribution is -0.149. The number of fused-ring (bicyclic) bond motifs is 1. The van der Waals surface area contributed by atoms with Crippen LogP contribution in [0.15, 0.2) is 0 Å². The standard InChI is InChI=1S/C9H14O3/c1-5-3-8-9(12-8)4-7(5)11-6(2)10/h5,7-9H,3-4H2,1-2H3. The highest BCUT2D eigenvalue weighted by Crippen LogP contribution is 2.40. The van der Waals surface area contributed by atoms with Crippen LogP contribution in [0.2, 0.25) is 0 Å². The predicted octanol–water partition coefficient (Wildman–Crippen LogP) is 1.12. The van der Waals surface area contributed by atoms with Crippen molar-refractivity contribution in [2.45, 2.75) is 45.0 Å². The summed E-state index contributed by atoms with van der Waals surface area (Å²) in [5.41, 5.74) is 0. The Morgan fingerprint density at radius 2 is 2.08 bits per heavy atom. The minimum absolute atomic E-state index is 0.0891. The lowest BCUT2D eigenvalue weighted by Crippen LogP contribution is -2.31. The molecule has 1 aliphatic carbocycles. The number of carbonyl (C=O) groups excluding carboxylic acids is 1. The zero-order valence-corrected chi connectivity index (χ0v) is 7.45. The summed E-state index contributed by atoms with van der Waals surface area (Å²) in [4.78, 5) is 10.7. The van der Waals surface area contributed by atoms with Gasteiger partial charge in [-0.3, -0.25) is 4.79 Å². The first-order valence-corrected chi connectivity index (χ1v) is 4.49. The Morgan fingerprint density at radius 1 is 1.42 bits per heavy atom. The lowest BCUT2D eigenvalue weighted by atomic mass is 9.88. The molecule has 0 N–H and O–H groups in total. The third kappa shape index (κ3) is 1.46. The number of hydrogen-bond donors (Lipinski definition) is 0. The summed E-state index contributed by atoms with van der Waals surface area (Å²) in [6.07, 6.45) is 2.87. The summed E-state index contributed by atoms with van der Waals surface area (Å²) in [6, 6.07) is 0. The molecule has 2 rings (SSSR count). The summed E-state index contributed by atoms with van der Waals surface area (Å²) in [6.45, 7) is 3.58. The molecular formula is C9H14O3. The second kappa shape index (κ2) is 2.73. The van der Waals surface area contributed by atoms with Crippen molar-refractivity contribution in [3.8, 4) is 0 Å². The Bertz CT molecular complexity index is 202. The smallest absolute Gasteiger partial charge is 0.302 e. The summed E-state index contributed by atoms with van der Waals surface area (Å²) in [5, 5.41) is 0. The van der Waals surface area contributed by atoms with Crippen molar-refractivity contribution in [3.05, 3.63) is 0 Å². The maximum absolute atomic E-state index is 10.7. The highest BCUT2D eigenvalue weighted by Gasteiger charge is 2.48. The number of ether oxygens (including phenoxy) is 2. The SMILES string of the molecule is CC(=O)OC1CC2OC2CC1C. The van der Waals surface area contributed by atoms with E-state index >= 15 is 0 Å². The van der Waals surface area contributed by atoms with Gasteiger partial charge in [-0.05, 0) is 12.3 Å². The number of hydrogen-bond acceptors (Lipinski definition) is 3. The van der Waals surface area contributed by atoms with Crippen LogP contribution >= 0.6 is 0 Å². The van der Waals surface area contributed by atoms with E-state index < -0.39 is 0 Å². The van der Waals surface area contributed by atoms with E-state index in [1.807, 2.05) is 0 Å². The minimum atomic E-state index is -0.175. The molecule has 0 spiro atoms. The van der Waals surface area contributed by atoms with Gasteiger partial charge in [-0.2, -0.15) is 0 Å². The fraction of sp³-hybridized carbons (Fsp3) is 0.889. The van der Waals surface area contributed by atoms with Gasteiger partial charge in [0.2, 0.25) is 0 Å². The van der Waals surface area contributed by atoms with Crippen LogP contribution in [0.25, 0.3) is 0 Å². The van der Waals surface area contributed by atoms with Gasteiger partial charge in [0.05, 0.1) is 12.2 Å². The highest BCUT2D eigenvalue weighted by molar-refractivity contribution is 5.66. The Labute approximate surface area is 72.0 Å². The van der Waals surface area contributed by atoms with Crippen LogP contribution in [0.4, 0.5) is 0 Å². The Morgan fingerprint density at radius 3 is 2.75 bits per heavy atom. The van der Waals surface area contributed by atoms with Crippen molar-refractivity contribution >= 4 is 5.97 Å². The van der Waals surface area contributed by atoms with Crippen LogP contribution in [0.5, 0.6) is 0 Å². The molecule has 12 heavy (non-hydrogen) atoms. The minimum Gasteiger partial charge on any atom is -0.462 e. The molecule has 2 fully saturated rings. The van der Waals surface area contributed by atoms with Gasteiger partial charge in [0.1, 0.15) is 6.10 Å². The van der Waals surface area contributed by atoms with Crippen molar-refractivity contribution in [1.82, 2.24) is 0 Å². The van der Waals surface area contributed by atoms with Gasteiger partial charge >= 0.3 is 5.97 Å². The van der Waals surface area contributed by atoms with E-state index in [4.69, 9.17) is 9.47 Å². The van der Waals surface area contributed by atoms with E-state index in [1.165, 1.54) is 6.92 Å². The maximum Gasteiger partial charge on any atom is 0.302 e. The zero-order chi connectivity index (χ0) is 8.72. The second-order valence-electron chi connectivity index (χ2n) is 3.81. The first-order valence-electron chi connectivity index (χ1n) is 4.49. The number of carbonyl (C=O) groups is 1. The molecule has 0 aromatic carbocycles. The van der Waals surface area contributed by atoms with Crippen LogP contribution < -0.4 is 0 Å². The Hall–Kier alpha value is -0.570. The molecule has 1 heterocycles. The number of rotatable bonds is 1. The first-order chi connectivity index (χ1) is 5.66. The third-order valence-corrected chi connectivity index (χ3v) is 2.71. The van der Waals surface area contributed by atoms with Crippen molar-refractivity contribution in [3.63, 3.8) is 0 Å². The average molecular weight is 170 g/mol. The van der Waals surface area contributed by atoms with Gasteiger partial charge in [0.15, 0.2) is 0 Å². The Balaban J connectivity index is 1.91. The summed E-state index contributed by atoms with van der Waals surface area (Å²) < 4.78 is 10.6. The molecule has 0 amide bonds. The van der Waals surface area contributed by atoms with E-state index in [2.05, 4.69) is 6.92 Å². The number of esters is 1. The zero-order valence-electron chi connectivity index (χ0n) is 7.45. The molecule has 1 saturated carbocycles. The summed E-state index contributed by atoms with van der Waals surface area (Å²) in [5.74, 6) is 0.281. The van der Waals surface area contributed by atoms with Gasteiger partial charge < -0.3 is 9.47 Å². The highest BCUT2D eigenvalue weighted by atomic mass is 16.6. The summed E-state index contributed by atoms with van der Waals surface area (Å²) in [7, 11) is 0. The first kappa shape index (κ1) is 8.05. The molecule has 68 valence electrons. The van der Waals surface area contributed by atoms with Crippen LogP contribution in [0, 0.1) is 5.92 Å². The van der Waals surface area contributed by atoms with E-state index in [1.54, 1.807) is 0 Å².